The quantitative estimate of drug-likeness (QED) is 0.842. The first kappa shape index (κ1) is 13.9. The van der Waals surface area contributed by atoms with Crippen molar-refractivity contribution in [3.8, 4) is 0 Å². The van der Waals surface area contributed by atoms with Crippen LogP contribution in [-0.4, -0.2) is 27.9 Å². The Morgan fingerprint density at radius 1 is 1.47 bits per heavy atom. The number of ether oxygens (including phenoxy) is 1. The number of nitrogen functional groups attached to an aromatic ring is 1. The maximum atomic E-state index is 12.2. The molecule has 2 rings (SSSR count). The summed E-state index contributed by atoms with van der Waals surface area (Å²) in [5.74, 6) is 0.721. The first-order valence-corrected chi connectivity index (χ1v) is 6.61. The van der Waals surface area contributed by atoms with Crippen LogP contribution in [0.1, 0.15) is 26.3 Å². The van der Waals surface area contributed by atoms with E-state index in [0.717, 1.165) is 5.56 Å². The van der Waals surface area contributed by atoms with Crippen LogP contribution in [0.2, 0.25) is 0 Å². The lowest BCUT2D eigenvalue weighted by molar-refractivity contribution is -0.127. The zero-order chi connectivity index (χ0) is 14.2. The van der Waals surface area contributed by atoms with Gasteiger partial charge in [-0.2, -0.15) is 5.10 Å². The molecule has 6 nitrogen and oxygen atoms in total. The zero-order valence-corrected chi connectivity index (χ0v) is 11.9. The third-order valence-electron chi connectivity index (χ3n) is 4.06. The number of hydrogen-bond donors (Lipinski definition) is 2. The SMILES string of the molecule is CC1OC(C)C(C(=O)NCc2cnn(C)c2N)C1C. The molecule has 1 fully saturated rings. The highest BCUT2D eigenvalue weighted by molar-refractivity contribution is 5.80. The van der Waals surface area contributed by atoms with Crippen molar-refractivity contribution in [1.82, 2.24) is 15.1 Å². The second kappa shape index (κ2) is 5.21. The molecule has 2 heterocycles. The zero-order valence-electron chi connectivity index (χ0n) is 11.9. The Labute approximate surface area is 113 Å². The molecule has 0 saturated carbocycles. The lowest BCUT2D eigenvalue weighted by atomic mass is 9.89. The van der Waals surface area contributed by atoms with E-state index in [1.807, 2.05) is 13.8 Å². The third-order valence-corrected chi connectivity index (χ3v) is 4.06. The van der Waals surface area contributed by atoms with Gasteiger partial charge in [-0.05, 0) is 19.8 Å². The molecule has 1 aromatic rings. The molecule has 1 saturated heterocycles. The number of rotatable bonds is 3. The lowest BCUT2D eigenvalue weighted by Crippen LogP contribution is -2.37. The van der Waals surface area contributed by atoms with E-state index >= 15 is 0 Å². The summed E-state index contributed by atoms with van der Waals surface area (Å²) < 4.78 is 7.28. The number of carbonyl (C=O) groups excluding carboxylic acids is 1. The van der Waals surface area contributed by atoms with E-state index < -0.39 is 0 Å². The average molecular weight is 266 g/mol. The van der Waals surface area contributed by atoms with Gasteiger partial charge < -0.3 is 15.8 Å². The first-order valence-electron chi connectivity index (χ1n) is 6.61. The molecular formula is C13H22N4O2. The summed E-state index contributed by atoms with van der Waals surface area (Å²) in [6.45, 7) is 6.41. The highest BCUT2D eigenvalue weighted by atomic mass is 16.5. The molecule has 3 N–H and O–H groups in total. The van der Waals surface area contributed by atoms with E-state index in [1.54, 1.807) is 17.9 Å². The molecule has 19 heavy (non-hydrogen) atoms. The van der Waals surface area contributed by atoms with Gasteiger partial charge in [0.25, 0.3) is 0 Å². The fraction of sp³-hybridized carbons (Fsp3) is 0.692. The van der Waals surface area contributed by atoms with Crippen LogP contribution in [0.3, 0.4) is 0 Å². The lowest BCUT2D eigenvalue weighted by Gasteiger charge is -2.17. The van der Waals surface area contributed by atoms with Crippen LogP contribution in [0.15, 0.2) is 6.20 Å². The molecule has 1 aliphatic heterocycles. The van der Waals surface area contributed by atoms with E-state index in [-0.39, 0.29) is 30.0 Å². The molecule has 6 heteroatoms. The van der Waals surface area contributed by atoms with E-state index in [4.69, 9.17) is 10.5 Å². The Hall–Kier alpha value is -1.56. The topological polar surface area (TPSA) is 82.2 Å². The maximum absolute atomic E-state index is 12.2. The van der Waals surface area contributed by atoms with Crippen molar-refractivity contribution in [1.29, 1.82) is 0 Å². The Bertz CT molecular complexity index is 471. The van der Waals surface area contributed by atoms with Crippen LogP contribution in [-0.2, 0) is 23.1 Å². The van der Waals surface area contributed by atoms with Gasteiger partial charge in [0.05, 0.1) is 24.3 Å². The Morgan fingerprint density at radius 3 is 2.63 bits per heavy atom. The smallest absolute Gasteiger partial charge is 0.226 e. The Kier molecular flexibility index (Phi) is 3.80. The molecule has 106 valence electrons. The summed E-state index contributed by atoms with van der Waals surface area (Å²) in [5, 5.41) is 6.97. The van der Waals surface area contributed by atoms with Crippen molar-refractivity contribution in [2.75, 3.05) is 5.73 Å². The van der Waals surface area contributed by atoms with Gasteiger partial charge in [0.15, 0.2) is 0 Å². The van der Waals surface area contributed by atoms with Crippen molar-refractivity contribution in [2.45, 2.75) is 39.5 Å². The van der Waals surface area contributed by atoms with Crippen LogP contribution in [0.4, 0.5) is 5.82 Å². The second-order valence-electron chi connectivity index (χ2n) is 5.33. The summed E-state index contributed by atoms with van der Waals surface area (Å²) >= 11 is 0. The van der Waals surface area contributed by atoms with E-state index in [0.29, 0.717) is 12.4 Å². The number of carbonyl (C=O) groups is 1. The Balaban J connectivity index is 1.97. The number of nitrogens with two attached hydrogens (primary N) is 1. The van der Waals surface area contributed by atoms with Crippen molar-refractivity contribution in [3.05, 3.63) is 11.8 Å². The molecule has 1 aromatic heterocycles. The standard InChI is InChI=1S/C13H22N4O2/c1-7-8(2)19-9(3)11(7)13(18)15-5-10-6-16-17(4)12(10)14/h6-9,11H,5,14H2,1-4H3,(H,15,18). The van der Waals surface area contributed by atoms with Gasteiger partial charge in [0, 0.05) is 19.2 Å². The predicted octanol–water partition coefficient (Wildman–Crippen LogP) is 0.678. The van der Waals surface area contributed by atoms with Gasteiger partial charge in [-0.25, -0.2) is 0 Å². The highest BCUT2D eigenvalue weighted by Gasteiger charge is 2.41. The van der Waals surface area contributed by atoms with Gasteiger partial charge >= 0.3 is 0 Å². The number of anilines is 1. The molecule has 4 atom stereocenters. The van der Waals surface area contributed by atoms with Crippen LogP contribution in [0, 0.1) is 11.8 Å². The molecule has 1 amide bonds. The van der Waals surface area contributed by atoms with Crippen molar-refractivity contribution >= 4 is 11.7 Å². The van der Waals surface area contributed by atoms with Gasteiger partial charge in [0.2, 0.25) is 5.91 Å². The number of hydrogen-bond acceptors (Lipinski definition) is 4. The third kappa shape index (κ3) is 2.58. The summed E-state index contributed by atoms with van der Waals surface area (Å²) in [4.78, 5) is 12.2. The van der Waals surface area contributed by atoms with Crippen LogP contribution >= 0.6 is 0 Å². The minimum atomic E-state index is -0.104. The van der Waals surface area contributed by atoms with Gasteiger partial charge in [-0.3, -0.25) is 9.48 Å². The summed E-state index contributed by atoms with van der Waals surface area (Å²) in [6, 6.07) is 0. The van der Waals surface area contributed by atoms with Crippen LogP contribution in [0.5, 0.6) is 0 Å². The van der Waals surface area contributed by atoms with Crippen molar-refractivity contribution < 1.29 is 9.53 Å². The number of amides is 1. The van der Waals surface area contributed by atoms with E-state index in [9.17, 15) is 4.79 Å². The predicted molar refractivity (Wildman–Crippen MR) is 72.1 cm³/mol. The average Bonchev–Trinajstić information content (AvgIpc) is 2.79. The summed E-state index contributed by atoms with van der Waals surface area (Å²) in [7, 11) is 1.78. The largest absolute Gasteiger partial charge is 0.384 e. The molecular weight excluding hydrogens is 244 g/mol. The summed E-state index contributed by atoms with van der Waals surface area (Å²) in [6.07, 6.45) is 1.75. The fourth-order valence-corrected chi connectivity index (χ4v) is 2.65. The van der Waals surface area contributed by atoms with Crippen molar-refractivity contribution in [2.24, 2.45) is 18.9 Å². The minimum Gasteiger partial charge on any atom is -0.384 e. The van der Waals surface area contributed by atoms with E-state index in [1.165, 1.54) is 0 Å². The number of aryl methyl sites for hydroxylation is 1. The number of aromatic nitrogens is 2. The van der Waals surface area contributed by atoms with Gasteiger partial charge in [0.1, 0.15) is 5.82 Å². The van der Waals surface area contributed by atoms with Gasteiger partial charge in [-0.1, -0.05) is 6.92 Å². The maximum Gasteiger partial charge on any atom is 0.226 e. The van der Waals surface area contributed by atoms with Crippen LogP contribution < -0.4 is 11.1 Å². The molecule has 0 aromatic carbocycles. The molecule has 4 unspecified atom stereocenters. The van der Waals surface area contributed by atoms with Crippen LogP contribution in [0.25, 0.3) is 0 Å². The van der Waals surface area contributed by atoms with E-state index in [2.05, 4.69) is 17.3 Å². The molecule has 0 spiro atoms. The molecule has 0 radical (unpaired) electrons. The Morgan fingerprint density at radius 2 is 2.16 bits per heavy atom. The molecule has 0 aliphatic carbocycles. The molecule has 0 bridgehead atoms. The number of nitrogens with zero attached hydrogens (tertiary/aromatic N) is 2. The highest BCUT2D eigenvalue weighted by Crippen LogP contribution is 2.32. The fourth-order valence-electron chi connectivity index (χ4n) is 2.65. The first-order chi connectivity index (χ1) is 8.91. The van der Waals surface area contributed by atoms with Gasteiger partial charge in [-0.15, -0.1) is 0 Å². The minimum absolute atomic E-state index is 0.0209. The monoisotopic (exact) mass is 266 g/mol. The van der Waals surface area contributed by atoms with Crippen molar-refractivity contribution in [3.63, 3.8) is 0 Å². The normalized spacial score (nSPS) is 30.5. The second-order valence-corrected chi connectivity index (χ2v) is 5.33. The number of nitrogens with one attached hydrogen (secondary N) is 1. The summed E-state index contributed by atoms with van der Waals surface area (Å²) in [5.41, 5.74) is 6.68. The molecule has 1 aliphatic rings.